The summed E-state index contributed by atoms with van der Waals surface area (Å²) in [6.07, 6.45) is 7.80. The lowest BCUT2D eigenvalue weighted by atomic mass is 10.1. The van der Waals surface area contributed by atoms with Gasteiger partial charge < -0.3 is 5.73 Å². The topological polar surface area (TPSA) is 43.3 Å². The number of fused-ring (bicyclic) bond motifs is 1. The third kappa shape index (κ3) is 2.34. The first-order chi connectivity index (χ1) is 10.2. The molecule has 3 nitrogen and oxygen atoms in total. The van der Waals surface area contributed by atoms with Crippen molar-refractivity contribution >= 4 is 16.9 Å². The maximum absolute atomic E-state index is 5.86. The van der Waals surface area contributed by atoms with Gasteiger partial charge >= 0.3 is 0 Å². The van der Waals surface area contributed by atoms with Gasteiger partial charge in [0, 0.05) is 17.4 Å². The van der Waals surface area contributed by atoms with Crippen LogP contribution in [-0.4, -0.2) is 9.38 Å². The van der Waals surface area contributed by atoms with Crippen LogP contribution in [0.4, 0.5) is 5.69 Å². The van der Waals surface area contributed by atoms with E-state index in [1.165, 1.54) is 0 Å². The zero-order valence-corrected chi connectivity index (χ0v) is 12.0. The molecule has 2 N–H and O–H groups in total. The van der Waals surface area contributed by atoms with Gasteiger partial charge in [0.05, 0.1) is 11.9 Å². The predicted octanol–water partition coefficient (Wildman–Crippen LogP) is 4.17. The summed E-state index contributed by atoms with van der Waals surface area (Å²) in [5, 5.41) is 0. The Kier molecular flexibility index (Phi) is 3.32. The standard InChI is InChI=1S/C18H17N3/c1-3-13(4-2)14-8-9-21-17(12-20-18(21)11-14)15-6-5-7-16(19)10-15/h3-12H,1,19H2,2H3/b13-4+. The number of allylic oxidation sites excluding steroid dienone is 3. The van der Waals surface area contributed by atoms with Crippen LogP contribution >= 0.6 is 0 Å². The fourth-order valence-electron chi connectivity index (χ4n) is 2.47. The Morgan fingerprint density at radius 1 is 1.29 bits per heavy atom. The van der Waals surface area contributed by atoms with Crippen molar-refractivity contribution < 1.29 is 0 Å². The molecule has 0 aliphatic carbocycles. The molecule has 0 atom stereocenters. The maximum atomic E-state index is 5.86. The average Bonchev–Trinajstić information content (AvgIpc) is 2.92. The number of nitrogens with zero attached hydrogens (tertiary/aromatic N) is 2. The van der Waals surface area contributed by atoms with Gasteiger partial charge in [-0.05, 0) is 42.3 Å². The maximum Gasteiger partial charge on any atom is 0.137 e. The molecule has 0 aliphatic rings. The molecule has 0 saturated heterocycles. The molecule has 104 valence electrons. The molecule has 3 rings (SSSR count). The molecule has 0 aliphatic heterocycles. The number of benzene rings is 1. The number of hydrogen-bond acceptors (Lipinski definition) is 2. The zero-order valence-electron chi connectivity index (χ0n) is 12.0. The number of aromatic nitrogens is 2. The normalized spacial score (nSPS) is 11.8. The summed E-state index contributed by atoms with van der Waals surface area (Å²) in [6.45, 7) is 5.85. The van der Waals surface area contributed by atoms with E-state index in [0.29, 0.717) is 0 Å². The van der Waals surface area contributed by atoms with Crippen molar-refractivity contribution in [3.05, 3.63) is 73.1 Å². The summed E-state index contributed by atoms with van der Waals surface area (Å²) in [6, 6.07) is 12.0. The zero-order chi connectivity index (χ0) is 14.8. The molecule has 0 fully saturated rings. The summed E-state index contributed by atoms with van der Waals surface area (Å²) in [5.41, 5.74) is 11.8. The van der Waals surface area contributed by atoms with Crippen LogP contribution in [0.5, 0.6) is 0 Å². The lowest BCUT2D eigenvalue weighted by Crippen LogP contribution is -1.91. The molecule has 0 unspecified atom stereocenters. The SMILES string of the molecule is C=C/C(=C\C)c1ccn2c(-c3cccc(N)c3)cnc2c1. The minimum Gasteiger partial charge on any atom is -0.399 e. The monoisotopic (exact) mass is 275 g/mol. The molecule has 0 saturated carbocycles. The van der Waals surface area contributed by atoms with Crippen molar-refractivity contribution in [3.63, 3.8) is 0 Å². The second-order valence-corrected chi connectivity index (χ2v) is 4.86. The Bertz CT molecular complexity index is 841. The van der Waals surface area contributed by atoms with E-state index >= 15 is 0 Å². The summed E-state index contributed by atoms with van der Waals surface area (Å²) >= 11 is 0. The van der Waals surface area contributed by atoms with Gasteiger partial charge in [-0.15, -0.1) is 0 Å². The fraction of sp³-hybridized carbons (Fsp3) is 0.0556. The Morgan fingerprint density at radius 2 is 2.14 bits per heavy atom. The highest BCUT2D eigenvalue weighted by atomic mass is 15.0. The number of imidazole rings is 1. The van der Waals surface area contributed by atoms with Gasteiger partial charge in [0.1, 0.15) is 5.65 Å². The molecule has 0 amide bonds. The number of nitrogens with two attached hydrogens (primary N) is 1. The third-order valence-corrected chi connectivity index (χ3v) is 3.56. The largest absolute Gasteiger partial charge is 0.399 e. The van der Waals surface area contributed by atoms with Crippen molar-refractivity contribution in [3.8, 4) is 11.3 Å². The molecule has 1 aromatic carbocycles. The number of rotatable bonds is 3. The Labute approximate surface area is 124 Å². The van der Waals surface area contributed by atoms with Crippen molar-refractivity contribution in [2.45, 2.75) is 6.92 Å². The number of pyridine rings is 1. The van der Waals surface area contributed by atoms with Crippen LogP contribution in [0.1, 0.15) is 12.5 Å². The van der Waals surface area contributed by atoms with Crippen LogP contribution in [0.2, 0.25) is 0 Å². The summed E-state index contributed by atoms with van der Waals surface area (Å²) < 4.78 is 2.06. The van der Waals surface area contributed by atoms with Crippen molar-refractivity contribution in [1.82, 2.24) is 9.38 Å². The van der Waals surface area contributed by atoms with E-state index in [9.17, 15) is 0 Å². The lowest BCUT2D eigenvalue weighted by Gasteiger charge is -2.06. The summed E-state index contributed by atoms with van der Waals surface area (Å²) in [7, 11) is 0. The van der Waals surface area contributed by atoms with Gasteiger partial charge in [0.2, 0.25) is 0 Å². The van der Waals surface area contributed by atoms with E-state index in [0.717, 1.165) is 33.7 Å². The smallest absolute Gasteiger partial charge is 0.137 e. The van der Waals surface area contributed by atoms with E-state index < -0.39 is 0 Å². The molecule has 0 bridgehead atoms. The van der Waals surface area contributed by atoms with Crippen LogP contribution in [0.25, 0.3) is 22.5 Å². The second-order valence-electron chi connectivity index (χ2n) is 4.86. The number of anilines is 1. The molecule has 2 heterocycles. The lowest BCUT2D eigenvalue weighted by molar-refractivity contribution is 1.19. The highest BCUT2D eigenvalue weighted by molar-refractivity contribution is 5.76. The van der Waals surface area contributed by atoms with Crippen LogP contribution in [0.15, 0.2) is 67.5 Å². The van der Waals surface area contributed by atoms with Gasteiger partial charge in [0.15, 0.2) is 0 Å². The Morgan fingerprint density at radius 3 is 2.86 bits per heavy atom. The molecular formula is C18H17N3. The van der Waals surface area contributed by atoms with Crippen molar-refractivity contribution in [2.75, 3.05) is 5.73 Å². The van der Waals surface area contributed by atoms with E-state index in [-0.39, 0.29) is 0 Å². The highest BCUT2D eigenvalue weighted by Gasteiger charge is 2.07. The minimum absolute atomic E-state index is 0.752. The van der Waals surface area contributed by atoms with Gasteiger partial charge in [0.25, 0.3) is 0 Å². The van der Waals surface area contributed by atoms with Crippen LogP contribution < -0.4 is 5.73 Å². The van der Waals surface area contributed by atoms with E-state index in [1.807, 2.05) is 55.7 Å². The predicted molar refractivity (Wildman–Crippen MR) is 88.9 cm³/mol. The van der Waals surface area contributed by atoms with E-state index in [2.05, 4.69) is 28.1 Å². The fourth-order valence-corrected chi connectivity index (χ4v) is 2.47. The van der Waals surface area contributed by atoms with Crippen molar-refractivity contribution in [1.29, 1.82) is 0 Å². The van der Waals surface area contributed by atoms with Gasteiger partial charge in [-0.3, -0.25) is 4.40 Å². The third-order valence-electron chi connectivity index (χ3n) is 3.56. The molecule has 3 heteroatoms. The molecular weight excluding hydrogens is 258 g/mol. The van der Waals surface area contributed by atoms with Gasteiger partial charge in [-0.25, -0.2) is 4.98 Å². The quantitative estimate of drug-likeness (QED) is 0.576. The second kappa shape index (κ2) is 5.29. The molecule has 2 aromatic heterocycles. The molecule has 0 radical (unpaired) electrons. The first kappa shape index (κ1) is 13.2. The van der Waals surface area contributed by atoms with E-state index in [4.69, 9.17) is 5.73 Å². The molecule has 3 aromatic rings. The van der Waals surface area contributed by atoms with Gasteiger partial charge in [-0.2, -0.15) is 0 Å². The van der Waals surface area contributed by atoms with Crippen LogP contribution in [-0.2, 0) is 0 Å². The molecule has 0 spiro atoms. The number of nitrogen functional groups attached to an aromatic ring is 1. The van der Waals surface area contributed by atoms with Crippen molar-refractivity contribution in [2.24, 2.45) is 0 Å². The first-order valence-electron chi connectivity index (χ1n) is 6.85. The van der Waals surface area contributed by atoms with Gasteiger partial charge in [-0.1, -0.05) is 30.9 Å². The Balaban J connectivity index is 2.14. The molecule has 21 heavy (non-hydrogen) atoms. The highest BCUT2D eigenvalue weighted by Crippen LogP contribution is 2.24. The summed E-state index contributed by atoms with van der Waals surface area (Å²) in [4.78, 5) is 4.50. The summed E-state index contributed by atoms with van der Waals surface area (Å²) in [5.74, 6) is 0. The first-order valence-corrected chi connectivity index (χ1v) is 6.85. The average molecular weight is 275 g/mol. The Hall–Kier alpha value is -2.81. The van der Waals surface area contributed by atoms with Crippen LogP contribution in [0.3, 0.4) is 0 Å². The minimum atomic E-state index is 0.752. The van der Waals surface area contributed by atoms with Crippen LogP contribution in [0, 0.1) is 0 Å². The van der Waals surface area contributed by atoms with E-state index in [1.54, 1.807) is 0 Å². The number of hydrogen-bond donors (Lipinski definition) is 1.